The quantitative estimate of drug-likeness (QED) is 0.447. The molecule has 0 aliphatic carbocycles. The molecule has 0 saturated carbocycles. The highest BCUT2D eigenvalue weighted by molar-refractivity contribution is 9.10. The van der Waals surface area contributed by atoms with Gasteiger partial charge in [-0.2, -0.15) is 4.98 Å². The summed E-state index contributed by atoms with van der Waals surface area (Å²) in [5.41, 5.74) is 1.82. The molecule has 0 aliphatic rings. The maximum absolute atomic E-state index is 13.1. The molecule has 1 N–H and O–H groups in total. The lowest BCUT2D eigenvalue weighted by Gasteiger charge is -2.01. The lowest BCUT2D eigenvalue weighted by Crippen LogP contribution is -2.11. The van der Waals surface area contributed by atoms with E-state index in [2.05, 4.69) is 36.4 Å². The van der Waals surface area contributed by atoms with Crippen molar-refractivity contribution in [2.24, 2.45) is 0 Å². The Morgan fingerprint density at radius 3 is 2.54 bits per heavy atom. The Kier molecular flexibility index (Phi) is 5.01. The topological polar surface area (TPSA) is 80.9 Å². The van der Waals surface area contributed by atoms with E-state index >= 15 is 0 Å². The Hall–Kier alpha value is -2.91. The molecule has 28 heavy (non-hydrogen) atoms. The normalized spacial score (nSPS) is 10.8. The van der Waals surface area contributed by atoms with Crippen molar-refractivity contribution in [3.8, 4) is 22.2 Å². The minimum atomic E-state index is -0.336. The first-order valence-electron chi connectivity index (χ1n) is 8.14. The monoisotopic (exact) mass is 458 g/mol. The van der Waals surface area contributed by atoms with Crippen LogP contribution in [-0.2, 0) is 0 Å². The average Bonchev–Trinajstić information content (AvgIpc) is 3.29. The van der Waals surface area contributed by atoms with E-state index in [1.807, 2.05) is 0 Å². The smallest absolute Gasteiger partial charge is 0.270 e. The van der Waals surface area contributed by atoms with Gasteiger partial charge in [0.05, 0.1) is 5.69 Å². The van der Waals surface area contributed by atoms with Crippen LogP contribution in [0.2, 0.25) is 0 Å². The first-order valence-corrected chi connectivity index (χ1v) is 9.75. The Balaban J connectivity index is 1.55. The SMILES string of the molecule is Cc1nc(NC(=O)c2ccc(Br)cc2)sc1-c1nc(-c2ccc(F)cc2)no1. The maximum Gasteiger partial charge on any atom is 0.270 e. The molecule has 2 aromatic heterocycles. The summed E-state index contributed by atoms with van der Waals surface area (Å²) in [5, 5.41) is 7.15. The van der Waals surface area contributed by atoms with Gasteiger partial charge >= 0.3 is 0 Å². The van der Waals surface area contributed by atoms with Gasteiger partial charge in [0.2, 0.25) is 5.82 Å². The van der Waals surface area contributed by atoms with Crippen LogP contribution in [0.15, 0.2) is 57.5 Å². The molecule has 0 bridgehead atoms. The summed E-state index contributed by atoms with van der Waals surface area (Å²) in [4.78, 5) is 21.7. The van der Waals surface area contributed by atoms with Crippen LogP contribution in [0.5, 0.6) is 0 Å². The summed E-state index contributed by atoms with van der Waals surface area (Å²) in [5.74, 6) is 0.0453. The Morgan fingerprint density at radius 1 is 1.11 bits per heavy atom. The molecule has 0 unspecified atom stereocenters. The minimum absolute atomic E-state index is 0.259. The lowest BCUT2D eigenvalue weighted by molar-refractivity contribution is 0.102. The minimum Gasteiger partial charge on any atom is -0.333 e. The molecule has 0 radical (unpaired) electrons. The third-order valence-electron chi connectivity index (χ3n) is 3.85. The molecule has 0 spiro atoms. The van der Waals surface area contributed by atoms with E-state index in [-0.39, 0.29) is 11.7 Å². The summed E-state index contributed by atoms with van der Waals surface area (Å²) in [6.45, 7) is 1.79. The van der Waals surface area contributed by atoms with E-state index in [0.29, 0.717) is 38.5 Å². The fraction of sp³-hybridized carbons (Fsp3) is 0.0526. The highest BCUT2D eigenvalue weighted by Crippen LogP contribution is 2.33. The molecule has 0 fully saturated rings. The van der Waals surface area contributed by atoms with Crippen LogP contribution < -0.4 is 5.32 Å². The molecule has 4 rings (SSSR count). The summed E-state index contributed by atoms with van der Waals surface area (Å²) < 4.78 is 19.3. The standard InChI is InChI=1S/C19H12BrFN4O2S/c1-10-15(18-23-16(25-27-18)11-4-8-14(21)9-5-11)28-19(22-10)24-17(26)12-2-6-13(20)7-3-12/h2-9H,1H3,(H,22,24,26). The van der Waals surface area contributed by atoms with Gasteiger partial charge in [-0.1, -0.05) is 32.4 Å². The molecule has 0 saturated heterocycles. The summed E-state index contributed by atoms with van der Waals surface area (Å²) >= 11 is 4.58. The number of rotatable bonds is 4. The third-order valence-corrected chi connectivity index (χ3v) is 5.44. The van der Waals surface area contributed by atoms with E-state index in [4.69, 9.17) is 4.52 Å². The molecule has 4 aromatic rings. The molecule has 9 heteroatoms. The van der Waals surface area contributed by atoms with Crippen molar-refractivity contribution >= 4 is 38.3 Å². The van der Waals surface area contributed by atoms with Crippen molar-refractivity contribution in [1.82, 2.24) is 15.1 Å². The Bertz CT molecular complexity index is 1140. The number of hydrogen-bond acceptors (Lipinski definition) is 6. The van der Waals surface area contributed by atoms with Gasteiger partial charge < -0.3 is 4.52 Å². The number of carbonyl (C=O) groups is 1. The number of anilines is 1. The number of amides is 1. The van der Waals surface area contributed by atoms with Gasteiger partial charge in [-0.25, -0.2) is 9.37 Å². The number of halogens is 2. The summed E-state index contributed by atoms with van der Waals surface area (Å²) in [6.07, 6.45) is 0. The van der Waals surface area contributed by atoms with Crippen LogP contribution >= 0.6 is 27.3 Å². The van der Waals surface area contributed by atoms with Crippen molar-refractivity contribution < 1.29 is 13.7 Å². The van der Waals surface area contributed by atoms with Crippen molar-refractivity contribution in [3.05, 3.63) is 70.1 Å². The molecular weight excluding hydrogens is 447 g/mol. The Labute approximate surface area is 171 Å². The molecule has 140 valence electrons. The first kappa shape index (κ1) is 18.5. The van der Waals surface area contributed by atoms with Gasteiger partial charge in [-0.3, -0.25) is 10.1 Å². The summed E-state index contributed by atoms with van der Waals surface area (Å²) in [7, 11) is 0. The van der Waals surface area contributed by atoms with E-state index in [0.717, 1.165) is 4.47 Å². The molecule has 0 aliphatic heterocycles. The second kappa shape index (κ2) is 7.61. The van der Waals surface area contributed by atoms with Crippen LogP contribution in [-0.4, -0.2) is 21.0 Å². The lowest BCUT2D eigenvalue weighted by atomic mass is 10.2. The zero-order chi connectivity index (χ0) is 19.7. The van der Waals surface area contributed by atoms with E-state index in [9.17, 15) is 9.18 Å². The number of aryl methyl sites for hydroxylation is 1. The predicted molar refractivity (Wildman–Crippen MR) is 108 cm³/mol. The van der Waals surface area contributed by atoms with Crippen LogP contribution in [0.3, 0.4) is 0 Å². The predicted octanol–water partition coefficient (Wildman–Crippen LogP) is 5.32. The fourth-order valence-electron chi connectivity index (χ4n) is 2.45. The number of benzene rings is 2. The highest BCUT2D eigenvalue weighted by atomic mass is 79.9. The van der Waals surface area contributed by atoms with Crippen molar-refractivity contribution in [1.29, 1.82) is 0 Å². The van der Waals surface area contributed by atoms with E-state index in [1.54, 1.807) is 43.3 Å². The number of aromatic nitrogens is 3. The largest absolute Gasteiger partial charge is 0.333 e. The maximum atomic E-state index is 13.1. The number of carbonyl (C=O) groups excluding carboxylic acids is 1. The molecule has 6 nitrogen and oxygen atoms in total. The molecule has 2 heterocycles. The van der Waals surface area contributed by atoms with E-state index < -0.39 is 0 Å². The number of hydrogen-bond donors (Lipinski definition) is 1. The second-order valence-electron chi connectivity index (χ2n) is 5.82. The van der Waals surface area contributed by atoms with Crippen LogP contribution in [0.1, 0.15) is 16.1 Å². The molecule has 0 atom stereocenters. The molecular formula is C19H12BrFN4O2S. The van der Waals surface area contributed by atoms with Gasteiger partial charge in [0.25, 0.3) is 11.8 Å². The van der Waals surface area contributed by atoms with Gasteiger partial charge in [-0.05, 0) is 55.5 Å². The van der Waals surface area contributed by atoms with Gasteiger partial charge in [0, 0.05) is 15.6 Å². The van der Waals surface area contributed by atoms with Gasteiger partial charge in [-0.15, -0.1) is 0 Å². The molecule has 2 aromatic carbocycles. The third kappa shape index (κ3) is 3.85. The van der Waals surface area contributed by atoms with Crippen molar-refractivity contribution in [2.45, 2.75) is 6.92 Å². The number of thiazole rings is 1. The number of nitrogens with one attached hydrogen (secondary N) is 1. The van der Waals surface area contributed by atoms with E-state index in [1.165, 1.54) is 23.5 Å². The van der Waals surface area contributed by atoms with Crippen molar-refractivity contribution in [2.75, 3.05) is 5.32 Å². The van der Waals surface area contributed by atoms with Gasteiger partial charge in [0.1, 0.15) is 10.7 Å². The average molecular weight is 459 g/mol. The zero-order valence-electron chi connectivity index (χ0n) is 14.4. The number of nitrogens with zero attached hydrogens (tertiary/aromatic N) is 3. The fourth-order valence-corrected chi connectivity index (χ4v) is 3.60. The summed E-state index contributed by atoms with van der Waals surface area (Å²) in [6, 6.07) is 12.8. The van der Waals surface area contributed by atoms with Crippen LogP contribution in [0, 0.1) is 12.7 Å². The Morgan fingerprint density at radius 2 is 1.82 bits per heavy atom. The second-order valence-corrected chi connectivity index (χ2v) is 7.74. The molecule has 1 amide bonds. The highest BCUT2D eigenvalue weighted by Gasteiger charge is 2.18. The first-order chi connectivity index (χ1) is 13.5. The van der Waals surface area contributed by atoms with Crippen molar-refractivity contribution in [3.63, 3.8) is 0 Å². The van der Waals surface area contributed by atoms with Gasteiger partial charge in [0.15, 0.2) is 5.13 Å². The van der Waals surface area contributed by atoms with Crippen LogP contribution in [0.25, 0.3) is 22.2 Å². The zero-order valence-corrected chi connectivity index (χ0v) is 16.8. The van der Waals surface area contributed by atoms with Crippen LogP contribution in [0.4, 0.5) is 9.52 Å².